The minimum atomic E-state index is -0.331. The number of aromatic hydroxyl groups is 1. The van der Waals surface area contributed by atoms with Gasteiger partial charge >= 0.3 is 0 Å². The van der Waals surface area contributed by atoms with Crippen LogP contribution in [0.4, 0.5) is 0 Å². The molecular weight excluding hydrogens is 228 g/mol. The highest BCUT2D eigenvalue weighted by Crippen LogP contribution is 2.20. The number of rotatable bonds is 5. The Morgan fingerprint density at radius 2 is 2.17 bits per heavy atom. The molecule has 1 aromatic carbocycles. The fourth-order valence-electron chi connectivity index (χ4n) is 1.82. The zero-order valence-electron chi connectivity index (χ0n) is 11.3. The Balaban J connectivity index is 2.90. The third kappa shape index (κ3) is 3.47. The Morgan fingerprint density at radius 3 is 2.72 bits per heavy atom. The number of hydrogen-bond donors (Lipinski definition) is 3. The molecule has 0 heterocycles. The van der Waals surface area contributed by atoms with E-state index in [2.05, 4.69) is 5.32 Å². The zero-order chi connectivity index (χ0) is 13.8. The molecule has 1 amide bonds. The van der Waals surface area contributed by atoms with Crippen LogP contribution < -0.4 is 11.1 Å². The number of phenolic OH excluding ortho intramolecular Hbond substituents is 1. The molecule has 1 atom stereocenters. The van der Waals surface area contributed by atoms with Crippen molar-refractivity contribution < 1.29 is 9.90 Å². The van der Waals surface area contributed by atoms with Crippen LogP contribution in [0.2, 0.25) is 0 Å². The first-order valence-electron chi connectivity index (χ1n) is 6.24. The van der Waals surface area contributed by atoms with Gasteiger partial charge in [-0.25, -0.2) is 0 Å². The molecule has 0 saturated heterocycles. The van der Waals surface area contributed by atoms with Gasteiger partial charge in [0, 0.05) is 5.54 Å². The highest BCUT2D eigenvalue weighted by molar-refractivity contribution is 5.97. The summed E-state index contributed by atoms with van der Waals surface area (Å²) in [5.74, 6) is -0.252. The van der Waals surface area contributed by atoms with Gasteiger partial charge in [0.25, 0.3) is 5.91 Å². The molecule has 0 radical (unpaired) electrons. The largest absolute Gasteiger partial charge is 0.507 e. The molecule has 0 fully saturated rings. The summed E-state index contributed by atoms with van der Waals surface area (Å²) in [4.78, 5) is 12.2. The van der Waals surface area contributed by atoms with Gasteiger partial charge < -0.3 is 16.2 Å². The maximum atomic E-state index is 12.2. The summed E-state index contributed by atoms with van der Waals surface area (Å²) in [6.07, 6.45) is 1.50. The number of amides is 1. The molecule has 4 N–H and O–H groups in total. The van der Waals surface area contributed by atoms with Crippen molar-refractivity contribution in [3.8, 4) is 5.75 Å². The second-order valence-electron chi connectivity index (χ2n) is 4.93. The van der Waals surface area contributed by atoms with Crippen molar-refractivity contribution >= 4 is 5.91 Å². The predicted octanol–water partition coefficient (Wildman–Crippen LogP) is 1.95. The van der Waals surface area contributed by atoms with E-state index in [0.717, 1.165) is 12.0 Å². The molecule has 1 rings (SSSR count). The van der Waals surface area contributed by atoms with Crippen molar-refractivity contribution in [3.63, 3.8) is 0 Å². The van der Waals surface area contributed by atoms with E-state index in [1.807, 2.05) is 20.8 Å². The monoisotopic (exact) mass is 250 g/mol. The van der Waals surface area contributed by atoms with Crippen molar-refractivity contribution in [1.82, 2.24) is 5.32 Å². The Labute approximate surface area is 108 Å². The Morgan fingerprint density at radius 1 is 1.50 bits per heavy atom. The molecule has 1 unspecified atom stereocenters. The zero-order valence-corrected chi connectivity index (χ0v) is 11.3. The molecule has 4 heteroatoms. The summed E-state index contributed by atoms with van der Waals surface area (Å²) >= 11 is 0. The summed E-state index contributed by atoms with van der Waals surface area (Å²) in [6, 6.07) is 4.99. The van der Waals surface area contributed by atoms with Gasteiger partial charge in [0.1, 0.15) is 5.75 Å². The molecule has 0 bridgehead atoms. The van der Waals surface area contributed by atoms with Crippen molar-refractivity contribution in [3.05, 3.63) is 29.3 Å². The predicted molar refractivity (Wildman–Crippen MR) is 72.7 cm³/mol. The molecule has 1 aromatic rings. The molecule has 0 aliphatic rings. The minimum absolute atomic E-state index is 0.00398. The first kappa shape index (κ1) is 14.5. The van der Waals surface area contributed by atoms with Gasteiger partial charge in [-0.1, -0.05) is 18.6 Å². The topological polar surface area (TPSA) is 75.3 Å². The van der Waals surface area contributed by atoms with Gasteiger partial charge in [0.2, 0.25) is 0 Å². The minimum Gasteiger partial charge on any atom is -0.507 e. The second-order valence-corrected chi connectivity index (χ2v) is 4.93. The Hall–Kier alpha value is -1.55. The quantitative estimate of drug-likeness (QED) is 0.747. The number of hydrogen-bond acceptors (Lipinski definition) is 3. The number of carbonyl (C=O) groups excluding carboxylic acids is 1. The number of carbonyl (C=O) groups is 1. The van der Waals surface area contributed by atoms with Crippen molar-refractivity contribution in [2.45, 2.75) is 39.2 Å². The van der Waals surface area contributed by atoms with Crippen LogP contribution in [-0.4, -0.2) is 23.1 Å². The van der Waals surface area contributed by atoms with Crippen LogP contribution in [0, 0.1) is 6.92 Å². The van der Waals surface area contributed by atoms with E-state index in [1.54, 1.807) is 12.1 Å². The number of nitrogens with two attached hydrogens (primary N) is 1. The van der Waals surface area contributed by atoms with E-state index in [-0.39, 0.29) is 17.2 Å². The van der Waals surface area contributed by atoms with Crippen LogP contribution >= 0.6 is 0 Å². The average molecular weight is 250 g/mol. The third-order valence-electron chi connectivity index (χ3n) is 3.29. The molecular formula is C14H22N2O2. The summed E-state index contributed by atoms with van der Waals surface area (Å²) in [5, 5.41) is 12.7. The normalized spacial score (nSPS) is 14.0. The molecule has 0 saturated carbocycles. The summed E-state index contributed by atoms with van der Waals surface area (Å²) in [7, 11) is 0. The summed E-state index contributed by atoms with van der Waals surface area (Å²) in [5.41, 5.74) is 6.48. The van der Waals surface area contributed by atoms with Gasteiger partial charge in [0.15, 0.2) is 0 Å². The van der Waals surface area contributed by atoms with E-state index >= 15 is 0 Å². The lowest BCUT2D eigenvalue weighted by molar-refractivity contribution is 0.0897. The lowest BCUT2D eigenvalue weighted by Gasteiger charge is -2.29. The lowest BCUT2D eigenvalue weighted by atomic mass is 9.94. The highest BCUT2D eigenvalue weighted by Gasteiger charge is 2.25. The van der Waals surface area contributed by atoms with Crippen molar-refractivity contribution in [2.75, 3.05) is 6.54 Å². The van der Waals surface area contributed by atoms with Crippen LogP contribution in [0.3, 0.4) is 0 Å². The van der Waals surface area contributed by atoms with Crippen molar-refractivity contribution in [2.24, 2.45) is 5.73 Å². The summed E-state index contributed by atoms with van der Waals surface area (Å²) in [6.45, 7) is 6.37. The van der Waals surface area contributed by atoms with E-state index in [0.29, 0.717) is 18.5 Å². The smallest absolute Gasteiger partial charge is 0.255 e. The fraction of sp³-hybridized carbons (Fsp3) is 0.500. The van der Waals surface area contributed by atoms with E-state index in [1.165, 1.54) is 6.07 Å². The molecule has 18 heavy (non-hydrogen) atoms. The lowest BCUT2D eigenvalue weighted by Crippen LogP contribution is -2.46. The molecule has 100 valence electrons. The highest BCUT2D eigenvalue weighted by atomic mass is 16.3. The van der Waals surface area contributed by atoms with Crippen LogP contribution in [0.1, 0.15) is 42.6 Å². The average Bonchev–Trinajstić information content (AvgIpc) is 2.32. The number of phenols is 1. The van der Waals surface area contributed by atoms with Crippen LogP contribution in [0.5, 0.6) is 5.75 Å². The third-order valence-corrected chi connectivity index (χ3v) is 3.29. The standard InChI is InChI=1S/C14H22N2O2/c1-4-14(3,7-8-15)16-13(18)11-9-10(2)5-6-12(11)17/h5-6,9,17H,4,7-8,15H2,1-3H3,(H,16,18). The first-order valence-corrected chi connectivity index (χ1v) is 6.24. The molecule has 0 aliphatic carbocycles. The molecule has 4 nitrogen and oxygen atoms in total. The van der Waals surface area contributed by atoms with E-state index in [9.17, 15) is 9.90 Å². The van der Waals surface area contributed by atoms with Crippen LogP contribution in [0.15, 0.2) is 18.2 Å². The van der Waals surface area contributed by atoms with Crippen molar-refractivity contribution in [1.29, 1.82) is 0 Å². The van der Waals surface area contributed by atoms with Gasteiger partial charge in [-0.15, -0.1) is 0 Å². The van der Waals surface area contributed by atoms with Gasteiger partial charge in [0.05, 0.1) is 5.56 Å². The van der Waals surface area contributed by atoms with Crippen LogP contribution in [-0.2, 0) is 0 Å². The maximum absolute atomic E-state index is 12.2. The SMILES string of the molecule is CCC(C)(CCN)NC(=O)c1cc(C)ccc1O. The van der Waals surface area contributed by atoms with Gasteiger partial charge in [-0.05, 0) is 45.4 Å². The first-order chi connectivity index (χ1) is 8.41. The van der Waals surface area contributed by atoms with Gasteiger partial charge in [-0.2, -0.15) is 0 Å². The number of benzene rings is 1. The van der Waals surface area contributed by atoms with E-state index in [4.69, 9.17) is 5.73 Å². The maximum Gasteiger partial charge on any atom is 0.255 e. The van der Waals surface area contributed by atoms with Crippen LogP contribution in [0.25, 0.3) is 0 Å². The number of nitrogens with one attached hydrogen (secondary N) is 1. The second kappa shape index (κ2) is 5.87. The van der Waals surface area contributed by atoms with Gasteiger partial charge in [-0.3, -0.25) is 4.79 Å². The molecule has 0 aliphatic heterocycles. The fourth-order valence-corrected chi connectivity index (χ4v) is 1.82. The molecule has 0 spiro atoms. The summed E-state index contributed by atoms with van der Waals surface area (Å²) < 4.78 is 0. The Kier molecular flexibility index (Phi) is 4.73. The number of aryl methyl sites for hydroxylation is 1. The Bertz CT molecular complexity index is 432. The molecule has 0 aromatic heterocycles. The van der Waals surface area contributed by atoms with E-state index < -0.39 is 0 Å².